The maximum absolute atomic E-state index is 11.8. The molecule has 250 valence electrons. The minimum Gasteiger partial charge on any atom is -0.507 e. The third-order valence-corrected chi connectivity index (χ3v) is 9.17. The quantitative estimate of drug-likeness (QED) is 0.205. The van der Waals surface area contributed by atoms with Crippen molar-refractivity contribution >= 4 is 0 Å². The first-order chi connectivity index (χ1) is 22.2. The highest BCUT2D eigenvalue weighted by molar-refractivity contribution is 5.88. The van der Waals surface area contributed by atoms with Crippen molar-refractivity contribution in [3.63, 3.8) is 0 Å². The fourth-order valence-electron chi connectivity index (χ4n) is 6.18. The van der Waals surface area contributed by atoms with E-state index in [1.165, 1.54) is 5.56 Å². The zero-order chi connectivity index (χ0) is 35.4. The fraction of sp³-hybridized carbons (Fsp3) is 0.364. The number of nitrogens with zero attached hydrogens (tertiary/aromatic N) is 2. The summed E-state index contributed by atoms with van der Waals surface area (Å²) in [4.78, 5) is 9.92. The lowest BCUT2D eigenvalue weighted by atomic mass is 9.77. The number of aromatic nitrogens is 2. The molecule has 0 atom stereocenters. The summed E-state index contributed by atoms with van der Waals surface area (Å²) in [5.41, 5.74) is 9.30. The lowest BCUT2D eigenvalue weighted by Gasteiger charge is -2.28. The van der Waals surface area contributed by atoms with Gasteiger partial charge in [-0.15, -0.1) is 0 Å². The molecular weight excluding hydrogens is 588 g/mol. The molecule has 5 aromatic rings. The Morgan fingerprint density at radius 2 is 0.833 bits per heavy atom. The van der Waals surface area contributed by atoms with Gasteiger partial charge in [0.15, 0.2) is 5.82 Å². The third kappa shape index (κ3) is 6.90. The second-order valence-electron chi connectivity index (χ2n) is 17.2. The Labute approximate surface area is 288 Å². The molecule has 0 saturated carbocycles. The number of hydrogen-bond acceptors (Lipinski definition) is 4. The van der Waals surface area contributed by atoms with E-state index in [0.29, 0.717) is 11.6 Å². The zero-order valence-corrected chi connectivity index (χ0v) is 30.9. The molecule has 0 aliphatic carbocycles. The van der Waals surface area contributed by atoms with Gasteiger partial charge in [0, 0.05) is 39.6 Å². The van der Waals surface area contributed by atoms with Gasteiger partial charge in [-0.3, -0.25) is 0 Å². The highest BCUT2D eigenvalue weighted by Crippen LogP contribution is 2.46. The van der Waals surface area contributed by atoms with Crippen LogP contribution < -0.4 is 0 Å². The van der Waals surface area contributed by atoms with E-state index >= 15 is 0 Å². The van der Waals surface area contributed by atoms with Crippen LogP contribution in [0.2, 0.25) is 0 Å². The molecule has 0 saturated heterocycles. The summed E-state index contributed by atoms with van der Waals surface area (Å²) in [6.07, 6.45) is 1.79. The molecular formula is C44H52N2O2. The number of hydrogen-bond donors (Lipinski definition) is 2. The van der Waals surface area contributed by atoms with Gasteiger partial charge in [-0.2, -0.15) is 0 Å². The van der Waals surface area contributed by atoms with E-state index in [1.54, 1.807) is 6.20 Å². The first-order valence-corrected chi connectivity index (χ1v) is 17.0. The van der Waals surface area contributed by atoms with Crippen molar-refractivity contribution < 1.29 is 10.2 Å². The lowest BCUT2D eigenvalue weighted by molar-refractivity contribution is 0.446. The molecule has 4 heteroatoms. The Hall–Kier alpha value is -4.44. The van der Waals surface area contributed by atoms with E-state index in [-0.39, 0.29) is 27.4 Å². The van der Waals surface area contributed by atoms with Crippen molar-refractivity contribution in [2.24, 2.45) is 0 Å². The molecule has 1 heterocycles. The molecule has 48 heavy (non-hydrogen) atoms. The Bertz CT molecular complexity index is 1840. The van der Waals surface area contributed by atoms with Gasteiger partial charge in [0.2, 0.25) is 0 Å². The molecule has 2 N–H and O–H groups in total. The SMILES string of the molecule is CC(C)(C)c1cc(-c2ccccc2-c2ccnc(-c3ccccc3-c3cc(C(C)(C)C)cc(C(C)(C)C)c3O)n2)c(O)c(C(C)(C)C)c1. The van der Waals surface area contributed by atoms with Crippen LogP contribution in [-0.4, -0.2) is 20.2 Å². The van der Waals surface area contributed by atoms with Crippen LogP contribution in [0.3, 0.4) is 0 Å². The summed E-state index contributed by atoms with van der Waals surface area (Å²) in [5.74, 6) is 1.15. The van der Waals surface area contributed by atoms with E-state index in [9.17, 15) is 10.2 Å². The van der Waals surface area contributed by atoms with Crippen molar-refractivity contribution in [3.8, 4) is 56.4 Å². The number of rotatable bonds is 4. The average Bonchev–Trinajstić information content (AvgIpc) is 2.99. The molecule has 0 bridgehead atoms. The van der Waals surface area contributed by atoms with Crippen molar-refractivity contribution in [3.05, 3.63) is 107 Å². The monoisotopic (exact) mass is 640 g/mol. The van der Waals surface area contributed by atoms with E-state index < -0.39 is 0 Å². The van der Waals surface area contributed by atoms with Crippen LogP contribution in [0.25, 0.3) is 44.9 Å². The second-order valence-corrected chi connectivity index (χ2v) is 17.2. The molecule has 0 spiro atoms. The standard InChI is InChI=1S/C44H52N2O2/c1-41(2,3)27-23-33(38(47)35(25-27)43(7,8)9)29-17-13-15-19-31(29)37-21-22-45-40(46-37)32-20-16-14-18-30(32)34-24-28(42(4,5)6)26-36(39(34)48)44(10,11)12/h13-26,47-48H,1-12H3. The topological polar surface area (TPSA) is 66.2 Å². The number of phenolic OH excluding ortho intramolecular Hbond substituents is 2. The van der Waals surface area contributed by atoms with E-state index in [1.807, 2.05) is 42.5 Å². The number of benzene rings is 4. The summed E-state index contributed by atoms with van der Waals surface area (Å²) < 4.78 is 0. The van der Waals surface area contributed by atoms with E-state index in [0.717, 1.165) is 55.8 Å². The number of aromatic hydroxyl groups is 2. The Kier molecular flexibility index (Phi) is 8.88. The summed E-state index contributed by atoms with van der Waals surface area (Å²) in [7, 11) is 0. The maximum atomic E-state index is 11.8. The molecule has 0 radical (unpaired) electrons. The minimum atomic E-state index is -0.252. The van der Waals surface area contributed by atoms with Gasteiger partial charge >= 0.3 is 0 Å². The predicted octanol–water partition coefficient (Wildman–Crippen LogP) is 11.7. The van der Waals surface area contributed by atoms with Crippen molar-refractivity contribution in [1.29, 1.82) is 0 Å². The molecule has 0 amide bonds. The highest BCUT2D eigenvalue weighted by atomic mass is 16.3. The largest absolute Gasteiger partial charge is 0.507 e. The summed E-state index contributed by atoms with van der Waals surface area (Å²) in [5, 5.41) is 23.5. The van der Waals surface area contributed by atoms with Gasteiger partial charge in [-0.1, -0.05) is 144 Å². The van der Waals surface area contributed by atoms with E-state index in [2.05, 4.69) is 119 Å². The maximum Gasteiger partial charge on any atom is 0.160 e. The van der Waals surface area contributed by atoms with Crippen molar-refractivity contribution in [1.82, 2.24) is 9.97 Å². The lowest BCUT2D eigenvalue weighted by Crippen LogP contribution is -2.17. The minimum absolute atomic E-state index is 0.105. The normalized spacial score (nSPS) is 12.8. The molecule has 0 aliphatic heterocycles. The van der Waals surface area contributed by atoms with Gasteiger partial charge in [-0.05, 0) is 62.1 Å². The zero-order valence-electron chi connectivity index (χ0n) is 30.9. The van der Waals surface area contributed by atoms with Gasteiger partial charge in [0.1, 0.15) is 11.5 Å². The van der Waals surface area contributed by atoms with E-state index in [4.69, 9.17) is 9.97 Å². The second kappa shape index (κ2) is 12.2. The van der Waals surface area contributed by atoms with Crippen LogP contribution in [0.4, 0.5) is 0 Å². The highest BCUT2D eigenvalue weighted by Gasteiger charge is 2.28. The van der Waals surface area contributed by atoms with Crippen molar-refractivity contribution in [2.75, 3.05) is 0 Å². The first-order valence-electron chi connectivity index (χ1n) is 17.0. The molecule has 4 nitrogen and oxygen atoms in total. The fourth-order valence-corrected chi connectivity index (χ4v) is 6.18. The Morgan fingerprint density at radius 3 is 1.25 bits per heavy atom. The van der Waals surface area contributed by atoms with Crippen LogP contribution in [-0.2, 0) is 21.7 Å². The Morgan fingerprint density at radius 1 is 0.438 bits per heavy atom. The first kappa shape index (κ1) is 34.9. The predicted molar refractivity (Wildman–Crippen MR) is 202 cm³/mol. The average molecular weight is 641 g/mol. The molecule has 1 aromatic heterocycles. The number of phenols is 2. The van der Waals surface area contributed by atoms with Crippen LogP contribution in [0.1, 0.15) is 105 Å². The molecule has 0 fully saturated rings. The van der Waals surface area contributed by atoms with Crippen LogP contribution >= 0.6 is 0 Å². The molecule has 4 aromatic carbocycles. The van der Waals surface area contributed by atoms with Crippen LogP contribution in [0.5, 0.6) is 11.5 Å². The molecule has 0 unspecified atom stereocenters. The van der Waals surface area contributed by atoms with Gasteiger partial charge in [0.05, 0.1) is 5.69 Å². The van der Waals surface area contributed by atoms with Gasteiger partial charge < -0.3 is 10.2 Å². The summed E-state index contributed by atoms with van der Waals surface area (Å²) >= 11 is 0. The smallest absolute Gasteiger partial charge is 0.160 e. The summed E-state index contributed by atoms with van der Waals surface area (Å²) in [6.45, 7) is 26.0. The van der Waals surface area contributed by atoms with Gasteiger partial charge in [0.25, 0.3) is 0 Å². The third-order valence-electron chi connectivity index (χ3n) is 9.17. The molecule has 0 aliphatic rings. The van der Waals surface area contributed by atoms with Gasteiger partial charge in [-0.25, -0.2) is 9.97 Å². The Balaban J connectivity index is 1.72. The van der Waals surface area contributed by atoms with Crippen LogP contribution in [0.15, 0.2) is 85.1 Å². The summed E-state index contributed by atoms with van der Waals surface area (Å²) in [6, 6.07) is 26.6. The molecule has 5 rings (SSSR count). The van der Waals surface area contributed by atoms with Crippen LogP contribution in [0, 0.1) is 0 Å². The van der Waals surface area contributed by atoms with Crippen molar-refractivity contribution in [2.45, 2.75) is 105 Å².